The van der Waals surface area contributed by atoms with Gasteiger partial charge in [0.1, 0.15) is 48.0 Å². The van der Waals surface area contributed by atoms with Crippen LogP contribution in [0, 0.1) is 11.8 Å². The number of aliphatic carboxylic acids is 2. The topological polar surface area (TPSA) is 567 Å². The fourth-order valence-electron chi connectivity index (χ4n) is 9.35. The van der Waals surface area contributed by atoms with E-state index in [4.69, 9.17) is 50.0 Å². The number of alkyl halides is 3. The van der Waals surface area contributed by atoms with E-state index in [0.29, 0.717) is 24.0 Å². The van der Waals surface area contributed by atoms with Crippen molar-refractivity contribution in [1.29, 1.82) is 0 Å². The number of carbonyl (C=O) groups is 11. The van der Waals surface area contributed by atoms with Gasteiger partial charge in [-0.1, -0.05) is 76.6 Å². The predicted molar refractivity (Wildman–Crippen MR) is 342 cm³/mol. The summed E-state index contributed by atoms with van der Waals surface area (Å²) in [6, 6.07) is 4.56. The van der Waals surface area contributed by atoms with Crippen LogP contribution >= 0.6 is 0 Å². The number of aromatic hydroxyl groups is 1. The number of carboxylic acid groups (broad SMARTS) is 2. The number of carbonyl (C=O) groups excluding carboxylic acids is 9. The number of hydrogen-bond donors (Lipinski definition) is 18. The number of hydrogen-bond acceptors (Lipinski definition) is 16. The van der Waals surface area contributed by atoms with Gasteiger partial charge in [-0.3, -0.25) is 58.1 Å². The van der Waals surface area contributed by atoms with E-state index < -0.39 is 139 Å². The van der Waals surface area contributed by atoms with Gasteiger partial charge in [-0.05, 0) is 99.3 Å². The Hall–Kier alpha value is -10.0. The van der Waals surface area contributed by atoms with Gasteiger partial charge in [-0.25, -0.2) is 9.59 Å². The molecule has 33 nitrogen and oxygen atoms in total. The lowest BCUT2D eigenvalue weighted by molar-refractivity contribution is -0.192. The Balaban J connectivity index is 0.00000414. The molecule has 95 heavy (non-hydrogen) atoms. The number of guanidine groups is 3. The van der Waals surface area contributed by atoms with Crippen LogP contribution in [0.15, 0.2) is 69.6 Å². The standard InChI is InChI=1S/C57H91N19O12.C2HF3O2/c1-5-33(4)46(52(85)73-40(17-11-25-67-57(63)64)53(86)76-26-12-18-43(76)54(87)88)75-49(82)39(16-10-24-66-56(61)62)71-48(81)38(15-9-23-65-55(59)60)72-50(83)41(27-32(2)3)74-51(84)42(29-34-13-7-6-8-14-34)70-45(79)31-68-44(78)30-69-47(80)37(58)28-35-19-21-36(77)22-20-35;3-2(4,5)1(6)7/h6-8,13-14,19-22,32-33,37-43,46,77H,5,9-12,15-18,23-31,58H2,1-4H3,(H,68,78)(H,69,80)(H,70,79)(H,71,81)(H,72,83)(H,73,85)(H,74,84)(H,75,82)(H,87,88)(H4,59,60,65)(H4,61,62,66)(H4,63,64,67);(H,6,7)/t33-,37-,38-,39-,40-,41-,42-,43-,46-;/m0./s1. The van der Waals surface area contributed by atoms with Gasteiger partial charge in [0.25, 0.3) is 0 Å². The largest absolute Gasteiger partial charge is 0.508 e. The third-order valence-corrected chi connectivity index (χ3v) is 14.4. The maximum absolute atomic E-state index is 14.6. The maximum Gasteiger partial charge on any atom is 0.490 e. The summed E-state index contributed by atoms with van der Waals surface area (Å²) in [7, 11) is 0. The SMILES string of the molecule is CC[C@H](C)[C@H](NC(=O)[C@H](CCCN=C(N)N)NC(=O)[C@H](CCCN=C(N)N)NC(=O)[C@H](CC(C)C)NC(=O)[C@H](Cc1ccccc1)NC(=O)CNC(=O)CNC(=O)[C@@H](N)Cc1ccc(O)cc1)C(=O)N[C@@H](CCCN=C(N)N)C(=O)N1CCC[C@H]1C(=O)O.O=C(O)C(F)(F)F. The molecule has 0 saturated carbocycles. The number of likely N-dealkylation sites (tertiary alicyclic amines) is 1. The second kappa shape index (κ2) is 41.5. The van der Waals surface area contributed by atoms with Crippen molar-refractivity contribution in [2.45, 2.75) is 159 Å². The molecule has 2 aromatic carbocycles. The van der Waals surface area contributed by atoms with Crippen LogP contribution in [0.1, 0.15) is 103 Å². The van der Waals surface area contributed by atoms with Crippen molar-refractivity contribution >= 4 is 83.0 Å². The number of nitrogens with one attached hydrogen (secondary N) is 8. The molecule has 1 saturated heterocycles. The molecule has 9 atom stereocenters. The molecule has 1 heterocycles. The molecule has 36 heteroatoms. The molecular weight excluding hydrogens is 1260 g/mol. The van der Waals surface area contributed by atoms with Crippen molar-refractivity contribution in [3.8, 4) is 5.75 Å². The molecule has 25 N–H and O–H groups in total. The number of aliphatic imine (C=N–C) groups is 3. The van der Waals surface area contributed by atoms with Gasteiger partial charge in [0.15, 0.2) is 17.9 Å². The Kier molecular flexibility index (Phi) is 35.4. The summed E-state index contributed by atoms with van der Waals surface area (Å²) in [6.45, 7) is 6.16. The van der Waals surface area contributed by atoms with Crippen molar-refractivity contribution in [3.63, 3.8) is 0 Å². The van der Waals surface area contributed by atoms with E-state index in [1.165, 1.54) is 17.0 Å². The van der Waals surface area contributed by atoms with Crippen LogP contribution in [-0.4, -0.2) is 197 Å². The molecule has 2 aromatic rings. The fraction of sp³-hybridized carbons (Fsp3) is 0.559. The van der Waals surface area contributed by atoms with Crippen molar-refractivity contribution < 1.29 is 81.2 Å². The normalized spacial score (nSPS) is 15.1. The molecule has 1 fully saturated rings. The Bertz CT molecular complexity index is 2970. The number of phenols is 1. The van der Waals surface area contributed by atoms with Crippen LogP contribution in [0.25, 0.3) is 0 Å². The smallest absolute Gasteiger partial charge is 0.490 e. The highest BCUT2D eigenvalue weighted by molar-refractivity contribution is 5.98. The van der Waals surface area contributed by atoms with Crippen LogP contribution in [0.5, 0.6) is 5.75 Å². The summed E-state index contributed by atoms with van der Waals surface area (Å²) < 4.78 is 31.7. The quantitative estimate of drug-likeness (QED) is 0.0177. The molecule has 0 spiro atoms. The number of benzene rings is 2. The third-order valence-electron chi connectivity index (χ3n) is 14.4. The second-order valence-corrected chi connectivity index (χ2v) is 22.7. The lowest BCUT2D eigenvalue weighted by Gasteiger charge is -2.31. The molecule has 0 bridgehead atoms. The van der Waals surface area contributed by atoms with Crippen molar-refractivity contribution in [2.24, 2.45) is 66.9 Å². The molecule has 0 aliphatic carbocycles. The van der Waals surface area contributed by atoms with Gasteiger partial charge in [0.2, 0.25) is 53.2 Å². The lowest BCUT2D eigenvalue weighted by atomic mass is 9.96. The first kappa shape index (κ1) is 81.1. The highest BCUT2D eigenvalue weighted by Gasteiger charge is 2.40. The molecule has 0 unspecified atom stereocenters. The van der Waals surface area contributed by atoms with Crippen molar-refractivity contribution in [3.05, 3.63) is 65.7 Å². The zero-order valence-corrected chi connectivity index (χ0v) is 53.5. The Morgan fingerprint density at radius 2 is 1.03 bits per heavy atom. The highest BCUT2D eigenvalue weighted by Crippen LogP contribution is 2.21. The molecule has 0 radical (unpaired) electrons. The summed E-state index contributed by atoms with van der Waals surface area (Å²) in [5.41, 5.74) is 40.6. The molecule has 528 valence electrons. The zero-order chi connectivity index (χ0) is 71.5. The Morgan fingerprint density at radius 1 is 0.579 bits per heavy atom. The van der Waals surface area contributed by atoms with Crippen LogP contribution in [-0.2, 0) is 65.6 Å². The monoisotopic (exact) mass is 1350 g/mol. The van der Waals surface area contributed by atoms with E-state index in [0.717, 1.165) is 0 Å². The minimum Gasteiger partial charge on any atom is -0.508 e. The summed E-state index contributed by atoms with van der Waals surface area (Å²) in [5, 5.41) is 47.6. The lowest BCUT2D eigenvalue weighted by Crippen LogP contribution is -2.61. The molecule has 1 aliphatic heterocycles. The van der Waals surface area contributed by atoms with E-state index in [1.54, 1.807) is 70.2 Å². The van der Waals surface area contributed by atoms with Crippen molar-refractivity contribution in [1.82, 2.24) is 47.4 Å². The number of nitrogens with two attached hydrogens (primary N) is 7. The third kappa shape index (κ3) is 31.9. The van der Waals surface area contributed by atoms with Gasteiger partial charge in [0, 0.05) is 32.6 Å². The minimum absolute atomic E-state index is 0.00594. The highest BCUT2D eigenvalue weighted by atomic mass is 19.4. The van der Waals surface area contributed by atoms with E-state index >= 15 is 0 Å². The number of halogens is 3. The Morgan fingerprint density at radius 3 is 1.52 bits per heavy atom. The summed E-state index contributed by atoms with van der Waals surface area (Å²) in [4.78, 5) is 159. The van der Waals surface area contributed by atoms with Crippen LogP contribution in [0.2, 0.25) is 0 Å². The number of phenolic OH excluding ortho intramolecular Hbond substituents is 1. The van der Waals surface area contributed by atoms with Gasteiger partial charge in [0.05, 0.1) is 19.1 Å². The van der Waals surface area contributed by atoms with Crippen LogP contribution in [0.4, 0.5) is 13.2 Å². The molecular formula is C59H92F3N19O14. The average molecular weight is 1350 g/mol. The molecule has 3 rings (SSSR count). The van der Waals surface area contributed by atoms with Gasteiger partial charge < -0.3 is 103 Å². The molecule has 9 amide bonds. The number of rotatable bonds is 38. The number of carboxylic acids is 2. The van der Waals surface area contributed by atoms with Crippen LogP contribution < -0.4 is 82.7 Å². The van der Waals surface area contributed by atoms with Crippen molar-refractivity contribution in [2.75, 3.05) is 39.3 Å². The van der Waals surface area contributed by atoms with Gasteiger partial charge in [-0.15, -0.1) is 0 Å². The number of amides is 9. The number of nitrogens with zero attached hydrogens (tertiary/aromatic N) is 4. The van der Waals surface area contributed by atoms with E-state index in [1.807, 2.05) is 0 Å². The summed E-state index contributed by atoms with van der Waals surface area (Å²) >= 11 is 0. The fourth-order valence-corrected chi connectivity index (χ4v) is 9.35. The average Bonchev–Trinajstić information content (AvgIpc) is 1.84. The zero-order valence-electron chi connectivity index (χ0n) is 53.5. The first-order valence-corrected chi connectivity index (χ1v) is 30.6. The molecule has 0 aromatic heterocycles. The maximum atomic E-state index is 14.6. The summed E-state index contributed by atoms with van der Waals surface area (Å²) in [6.07, 6.45) is -3.77. The first-order chi connectivity index (χ1) is 44.6. The minimum atomic E-state index is -5.08. The predicted octanol–water partition coefficient (Wildman–Crippen LogP) is -3.39. The second-order valence-electron chi connectivity index (χ2n) is 22.7. The molecule has 1 aliphatic rings. The van der Waals surface area contributed by atoms with E-state index in [-0.39, 0.29) is 120 Å². The summed E-state index contributed by atoms with van der Waals surface area (Å²) in [5.74, 6) is -12.3. The first-order valence-electron chi connectivity index (χ1n) is 30.6. The van der Waals surface area contributed by atoms with Gasteiger partial charge in [-0.2, -0.15) is 13.2 Å². The van der Waals surface area contributed by atoms with Gasteiger partial charge >= 0.3 is 18.1 Å². The van der Waals surface area contributed by atoms with E-state index in [2.05, 4.69) is 57.5 Å². The Labute approximate surface area is 547 Å². The van der Waals surface area contributed by atoms with E-state index in [9.17, 15) is 71.3 Å². The van der Waals surface area contributed by atoms with Crippen LogP contribution in [0.3, 0.4) is 0 Å².